The van der Waals surface area contributed by atoms with Crippen molar-refractivity contribution in [2.24, 2.45) is 0 Å². The summed E-state index contributed by atoms with van der Waals surface area (Å²) in [6, 6.07) is 5.24. The molecule has 5 nitrogen and oxygen atoms in total. The highest BCUT2D eigenvalue weighted by atomic mass is 79.9. The van der Waals surface area contributed by atoms with Crippen LogP contribution in [0.4, 0.5) is 5.69 Å². The summed E-state index contributed by atoms with van der Waals surface area (Å²) >= 11 is 3.48. The van der Waals surface area contributed by atoms with Crippen LogP contribution in [0.15, 0.2) is 22.7 Å². The van der Waals surface area contributed by atoms with E-state index in [9.17, 15) is 4.79 Å². The van der Waals surface area contributed by atoms with Crippen molar-refractivity contribution in [1.82, 2.24) is 9.78 Å². The minimum absolute atomic E-state index is 0.313. The number of halogens is 1. The van der Waals surface area contributed by atoms with E-state index >= 15 is 0 Å². The first kappa shape index (κ1) is 14.6. The van der Waals surface area contributed by atoms with Gasteiger partial charge in [0.2, 0.25) is 0 Å². The Morgan fingerprint density at radius 1 is 1.45 bits per heavy atom. The molecule has 0 atom stereocenters. The van der Waals surface area contributed by atoms with Gasteiger partial charge < -0.3 is 10.5 Å². The fourth-order valence-electron chi connectivity index (χ4n) is 1.98. The number of hydrogen-bond acceptors (Lipinski definition) is 4. The van der Waals surface area contributed by atoms with Crippen LogP contribution in [0, 0.1) is 13.8 Å². The van der Waals surface area contributed by atoms with Gasteiger partial charge in [-0.2, -0.15) is 5.10 Å². The van der Waals surface area contributed by atoms with Gasteiger partial charge in [0.15, 0.2) is 0 Å². The van der Waals surface area contributed by atoms with E-state index < -0.39 is 5.97 Å². The van der Waals surface area contributed by atoms with Crippen molar-refractivity contribution in [2.45, 2.75) is 20.8 Å². The maximum atomic E-state index is 11.9. The molecule has 0 radical (unpaired) electrons. The van der Waals surface area contributed by atoms with Crippen LogP contribution in [0.2, 0.25) is 0 Å². The molecule has 1 heterocycles. The number of nitrogen functional groups attached to an aromatic ring is 1. The van der Waals surface area contributed by atoms with E-state index in [0.29, 0.717) is 23.5 Å². The zero-order valence-corrected chi connectivity index (χ0v) is 13.2. The molecule has 0 bridgehead atoms. The number of benzene rings is 1. The second-order valence-electron chi connectivity index (χ2n) is 4.36. The number of hydrogen-bond donors (Lipinski definition) is 1. The zero-order valence-electron chi connectivity index (χ0n) is 11.6. The number of ether oxygens (including phenoxy) is 1. The Labute approximate surface area is 125 Å². The lowest BCUT2D eigenvalue weighted by Crippen LogP contribution is -2.11. The Morgan fingerprint density at radius 3 is 2.70 bits per heavy atom. The fourth-order valence-corrected chi connectivity index (χ4v) is 2.23. The quantitative estimate of drug-likeness (QED) is 0.690. The van der Waals surface area contributed by atoms with E-state index in [1.54, 1.807) is 23.7 Å². The Bertz CT molecular complexity index is 665. The fraction of sp³-hybridized carbons (Fsp3) is 0.286. The number of carbonyl (C=O) groups is 1. The van der Waals surface area contributed by atoms with Crippen LogP contribution in [0.5, 0.6) is 0 Å². The van der Waals surface area contributed by atoms with E-state index in [1.807, 2.05) is 19.9 Å². The van der Waals surface area contributed by atoms with Crippen molar-refractivity contribution in [3.63, 3.8) is 0 Å². The normalized spacial score (nSPS) is 10.6. The molecule has 0 aliphatic heterocycles. The molecule has 0 saturated carbocycles. The number of carbonyl (C=O) groups excluding carboxylic acids is 1. The summed E-state index contributed by atoms with van der Waals surface area (Å²) < 4.78 is 7.65. The molecule has 0 unspecified atom stereocenters. The first-order valence-electron chi connectivity index (χ1n) is 6.25. The molecule has 6 heteroatoms. The molecule has 0 aliphatic rings. The standard InChI is InChI=1S/C14H16BrN3O2/c1-4-20-14(19)10-6-5-7-11(13(10)16)18-9(3)12(15)8(2)17-18/h5-7H,4,16H2,1-3H3. The molecule has 0 spiro atoms. The SMILES string of the molecule is CCOC(=O)c1cccc(-n2nc(C)c(Br)c2C)c1N. The predicted octanol–water partition coefficient (Wildman–Crippen LogP) is 3.01. The van der Waals surface area contributed by atoms with Gasteiger partial charge >= 0.3 is 5.97 Å². The van der Waals surface area contributed by atoms with Gasteiger partial charge in [0, 0.05) is 0 Å². The summed E-state index contributed by atoms with van der Waals surface area (Å²) in [5, 5.41) is 4.42. The Balaban J connectivity index is 2.56. The average molecular weight is 338 g/mol. The lowest BCUT2D eigenvalue weighted by molar-refractivity contribution is 0.0527. The molecule has 2 N–H and O–H groups in total. The highest BCUT2D eigenvalue weighted by Gasteiger charge is 2.17. The van der Waals surface area contributed by atoms with Crippen LogP contribution in [-0.2, 0) is 4.74 Å². The van der Waals surface area contributed by atoms with E-state index in [1.165, 1.54) is 0 Å². The van der Waals surface area contributed by atoms with Gasteiger partial charge in [0.1, 0.15) is 0 Å². The highest BCUT2D eigenvalue weighted by molar-refractivity contribution is 9.10. The lowest BCUT2D eigenvalue weighted by Gasteiger charge is -2.11. The van der Waals surface area contributed by atoms with Gasteiger partial charge in [-0.25, -0.2) is 9.48 Å². The lowest BCUT2D eigenvalue weighted by atomic mass is 10.1. The first-order chi connectivity index (χ1) is 9.47. The molecular weight excluding hydrogens is 322 g/mol. The smallest absolute Gasteiger partial charge is 0.340 e. The maximum Gasteiger partial charge on any atom is 0.340 e. The van der Waals surface area contributed by atoms with E-state index in [-0.39, 0.29) is 0 Å². The van der Waals surface area contributed by atoms with Gasteiger partial charge in [-0.15, -0.1) is 0 Å². The van der Waals surface area contributed by atoms with E-state index in [2.05, 4.69) is 21.0 Å². The summed E-state index contributed by atoms with van der Waals surface area (Å²) in [4.78, 5) is 11.9. The third-order valence-corrected chi connectivity index (χ3v) is 4.16. The minimum atomic E-state index is -0.424. The third-order valence-electron chi connectivity index (χ3n) is 3.01. The number of nitrogens with two attached hydrogens (primary N) is 1. The van der Waals surface area contributed by atoms with Gasteiger partial charge in [-0.1, -0.05) is 6.07 Å². The van der Waals surface area contributed by atoms with Crippen molar-refractivity contribution >= 4 is 27.6 Å². The van der Waals surface area contributed by atoms with E-state index in [4.69, 9.17) is 10.5 Å². The maximum absolute atomic E-state index is 11.9. The number of nitrogens with zero attached hydrogens (tertiary/aromatic N) is 2. The van der Waals surface area contributed by atoms with Gasteiger partial charge in [-0.05, 0) is 48.8 Å². The topological polar surface area (TPSA) is 70.1 Å². The molecule has 1 aromatic heterocycles. The molecule has 1 aromatic carbocycles. The Morgan fingerprint density at radius 2 is 2.15 bits per heavy atom. The molecule has 2 aromatic rings. The molecule has 0 fully saturated rings. The van der Waals surface area contributed by atoms with Crippen LogP contribution in [-0.4, -0.2) is 22.4 Å². The largest absolute Gasteiger partial charge is 0.462 e. The highest BCUT2D eigenvalue weighted by Crippen LogP contribution is 2.27. The number of rotatable bonds is 3. The summed E-state index contributed by atoms with van der Waals surface area (Å²) in [7, 11) is 0. The number of aryl methyl sites for hydroxylation is 1. The number of anilines is 1. The first-order valence-corrected chi connectivity index (χ1v) is 7.04. The van der Waals surface area contributed by atoms with Gasteiger partial charge in [0.05, 0.1) is 39.4 Å². The Hall–Kier alpha value is -1.82. The number of para-hydroxylation sites is 1. The number of esters is 1. The molecule has 0 aliphatic carbocycles. The second-order valence-corrected chi connectivity index (χ2v) is 5.15. The molecule has 106 valence electrons. The summed E-state index contributed by atoms with van der Waals surface area (Å²) in [6.07, 6.45) is 0. The monoisotopic (exact) mass is 337 g/mol. The second kappa shape index (κ2) is 5.66. The molecule has 0 saturated heterocycles. The van der Waals surface area contributed by atoms with Crippen molar-refractivity contribution in [1.29, 1.82) is 0 Å². The molecule has 0 amide bonds. The minimum Gasteiger partial charge on any atom is -0.462 e. The van der Waals surface area contributed by atoms with Crippen LogP contribution in [0.3, 0.4) is 0 Å². The Kier molecular flexibility index (Phi) is 4.13. The summed E-state index contributed by atoms with van der Waals surface area (Å²) in [6.45, 7) is 5.91. The molecule has 2 rings (SSSR count). The van der Waals surface area contributed by atoms with Crippen molar-refractivity contribution in [3.05, 3.63) is 39.6 Å². The van der Waals surface area contributed by atoms with Crippen molar-refractivity contribution in [3.8, 4) is 5.69 Å². The van der Waals surface area contributed by atoms with Gasteiger partial charge in [0.25, 0.3) is 0 Å². The number of aromatic nitrogens is 2. The average Bonchev–Trinajstić information content (AvgIpc) is 2.67. The summed E-state index contributed by atoms with van der Waals surface area (Å²) in [5.41, 5.74) is 9.28. The zero-order chi connectivity index (χ0) is 14.9. The van der Waals surface area contributed by atoms with Crippen molar-refractivity contribution in [2.75, 3.05) is 12.3 Å². The van der Waals surface area contributed by atoms with Crippen LogP contribution in [0.25, 0.3) is 5.69 Å². The van der Waals surface area contributed by atoms with E-state index in [0.717, 1.165) is 15.9 Å². The van der Waals surface area contributed by atoms with Crippen molar-refractivity contribution < 1.29 is 9.53 Å². The predicted molar refractivity (Wildman–Crippen MR) is 81.1 cm³/mol. The van der Waals surface area contributed by atoms with Crippen LogP contribution >= 0.6 is 15.9 Å². The van der Waals surface area contributed by atoms with Gasteiger partial charge in [-0.3, -0.25) is 0 Å². The van der Waals surface area contributed by atoms with Crippen LogP contribution in [0.1, 0.15) is 28.7 Å². The molecule has 20 heavy (non-hydrogen) atoms. The molecular formula is C14H16BrN3O2. The van der Waals surface area contributed by atoms with Crippen LogP contribution < -0.4 is 5.73 Å². The summed E-state index contributed by atoms with van der Waals surface area (Å²) in [5.74, 6) is -0.424. The third kappa shape index (κ3) is 2.43.